The van der Waals surface area contributed by atoms with E-state index in [1.54, 1.807) is 18.5 Å². The molecule has 4 rings (SSSR count). The van der Waals surface area contributed by atoms with E-state index in [4.69, 9.17) is 16.6 Å². The third-order valence-corrected chi connectivity index (χ3v) is 4.64. The lowest BCUT2D eigenvalue weighted by molar-refractivity contribution is -0.115. The van der Waals surface area contributed by atoms with Gasteiger partial charge in [0.15, 0.2) is 5.58 Å². The van der Waals surface area contributed by atoms with Crippen LogP contribution in [0.2, 0.25) is 0 Å². The van der Waals surface area contributed by atoms with E-state index in [-0.39, 0.29) is 5.91 Å². The van der Waals surface area contributed by atoms with E-state index in [9.17, 15) is 4.79 Å². The third kappa shape index (κ3) is 3.33. The van der Waals surface area contributed by atoms with Crippen molar-refractivity contribution in [3.05, 3.63) is 70.6 Å². The second-order valence-corrected chi connectivity index (χ2v) is 6.94. The zero-order valence-electron chi connectivity index (χ0n) is 12.8. The Morgan fingerprint density at radius 1 is 1.20 bits per heavy atom. The second-order valence-electron chi connectivity index (χ2n) is 5.22. The Bertz CT molecular complexity index is 1090. The van der Waals surface area contributed by atoms with E-state index in [0.29, 0.717) is 26.1 Å². The van der Waals surface area contributed by atoms with E-state index in [0.717, 1.165) is 10.9 Å². The first-order valence-corrected chi connectivity index (χ1v) is 8.61. The molecule has 3 heterocycles. The van der Waals surface area contributed by atoms with Crippen LogP contribution in [0.4, 0.5) is 0 Å². The van der Waals surface area contributed by atoms with Crippen molar-refractivity contribution in [2.24, 2.45) is 0 Å². The molecule has 0 radical (unpaired) electrons. The number of thioether (sulfide) groups is 1. The van der Waals surface area contributed by atoms with Crippen molar-refractivity contribution in [1.29, 1.82) is 0 Å². The maximum absolute atomic E-state index is 11.8. The molecule has 6 heteroatoms. The Hall–Kier alpha value is -2.88. The SMILES string of the molecule is O=C1NC(=S)S/C1=C\c1cc2cncc(C#Cc3ccccc3)c2o1. The molecular formula is C19H10N2O2S2. The number of benzene rings is 1. The summed E-state index contributed by atoms with van der Waals surface area (Å²) in [5.41, 5.74) is 2.27. The maximum Gasteiger partial charge on any atom is 0.263 e. The fourth-order valence-electron chi connectivity index (χ4n) is 2.35. The molecule has 1 saturated heterocycles. The highest BCUT2D eigenvalue weighted by Crippen LogP contribution is 2.29. The number of carbonyl (C=O) groups excluding carboxylic acids is 1. The number of thiocarbonyl (C=S) groups is 1. The molecule has 4 nitrogen and oxygen atoms in total. The molecular weight excluding hydrogens is 352 g/mol. The van der Waals surface area contributed by atoms with Crippen molar-refractivity contribution in [3.8, 4) is 11.8 Å². The minimum Gasteiger partial charge on any atom is -0.455 e. The first-order valence-electron chi connectivity index (χ1n) is 7.38. The quantitative estimate of drug-likeness (QED) is 0.406. The molecule has 0 unspecified atom stereocenters. The standard InChI is InChI=1S/C19H10N2O2S2/c22-18-16(25-19(24)21-18)9-15-8-14-11-20-10-13(17(14)23-15)7-6-12-4-2-1-3-5-12/h1-5,8-11H,(H,21,22,24)/b16-9-. The van der Waals surface area contributed by atoms with Gasteiger partial charge >= 0.3 is 0 Å². The van der Waals surface area contributed by atoms with Crippen LogP contribution in [0.5, 0.6) is 0 Å². The summed E-state index contributed by atoms with van der Waals surface area (Å²) in [4.78, 5) is 16.5. The van der Waals surface area contributed by atoms with Crippen LogP contribution in [0.25, 0.3) is 17.0 Å². The van der Waals surface area contributed by atoms with Crippen LogP contribution in [-0.2, 0) is 4.79 Å². The summed E-state index contributed by atoms with van der Waals surface area (Å²) in [5, 5.41) is 3.41. The van der Waals surface area contributed by atoms with Crippen LogP contribution >= 0.6 is 24.0 Å². The first-order chi connectivity index (χ1) is 12.2. The van der Waals surface area contributed by atoms with Crippen molar-refractivity contribution in [2.45, 2.75) is 0 Å². The number of nitrogens with zero attached hydrogens (tertiary/aromatic N) is 1. The van der Waals surface area contributed by atoms with E-state index in [1.165, 1.54) is 11.8 Å². The van der Waals surface area contributed by atoms with E-state index in [1.807, 2.05) is 36.4 Å². The van der Waals surface area contributed by atoms with Gasteiger partial charge in [-0.25, -0.2) is 0 Å². The van der Waals surface area contributed by atoms with E-state index in [2.05, 4.69) is 22.1 Å². The molecule has 1 aromatic carbocycles. The Balaban J connectivity index is 1.72. The van der Waals surface area contributed by atoms with E-state index >= 15 is 0 Å². The van der Waals surface area contributed by atoms with Crippen molar-refractivity contribution in [1.82, 2.24) is 10.3 Å². The molecule has 1 aliphatic rings. The predicted octanol–water partition coefficient (Wildman–Crippen LogP) is 3.72. The predicted molar refractivity (Wildman–Crippen MR) is 103 cm³/mol. The highest BCUT2D eigenvalue weighted by Gasteiger charge is 2.22. The van der Waals surface area contributed by atoms with Crippen LogP contribution in [0.15, 0.2) is 58.1 Å². The summed E-state index contributed by atoms with van der Waals surface area (Å²) < 4.78 is 6.33. The number of nitrogens with one attached hydrogen (secondary N) is 1. The summed E-state index contributed by atoms with van der Waals surface area (Å²) in [6.07, 6.45) is 5.06. The van der Waals surface area contributed by atoms with Gasteiger partial charge in [0.1, 0.15) is 10.1 Å². The number of furan rings is 1. The summed E-state index contributed by atoms with van der Waals surface area (Å²) >= 11 is 6.21. The summed E-state index contributed by atoms with van der Waals surface area (Å²) in [5.74, 6) is 6.54. The number of hydrogen-bond acceptors (Lipinski definition) is 5. The van der Waals surface area contributed by atoms with Gasteiger partial charge in [0, 0.05) is 29.4 Å². The number of hydrogen-bond donors (Lipinski definition) is 1. The number of amides is 1. The Kier molecular flexibility index (Phi) is 4.10. The number of rotatable bonds is 1. The molecule has 0 aliphatic carbocycles. The molecule has 3 aromatic rings. The average Bonchev–Trinajstić information content (AvgIpc) is 3.16. The van der Waals surface area contributed by atoms with Gasteiger partial charge in [-0.05, 0) is 18.2 Å². The number of fused-ring (bicyclic) bond motifs is 1. The largest absolute Gasteiger partial charge is 0.455 e. The smallest absolute Gasteiger partial charge is 0.263 e. The van der Waals surface area contributed by atoms with Crippen molar-refractivity contribution < 1.29 is 9.21 Å². The van der Waals surface area contributed by atoms with Crippen LogP contribution < -0.4 is 5.32 Å². The Morgan fingerprint density at radius 2 is 2.04 bits per heavy atom. The zero-order valence-corrected chi connectivity index (χ0v) is 14.4. The van der Waals surface area contributed by atoms with Crippen LogP contribution in [0.3, 0.4) is 0 Å². The van der Waals surface area contributed by atoms with Crippen LogP contribution in [-0.4, -0.2) is 15.2 Å². The van der Waals surface area contributed by atoms with Gasteiger partial charge in [-0.2, -0.15) is 0 Å². The lowest BCUT2D eigenvalue weighted by Gasteiger charge is -1.92. The van der Waals surface area contributed by atoms with Gasteiger partial charge in [-0.1, -0.05) is 54.0 Å². The third-order valence-electron chi connectivity index (χ3n) is 3.47. The minimum atomic E-state index is -0.210. The van der Waals surface area contributed by atoms with Gasteiger partial charge in [-0.3, -0.25) is 9.78 Å². The summed E-state index contributed by atoms with van der Waals surface area (Å²) in [7, 11) is 0. The molecule has 1 N–H and O–H groups in total. The molecule has 2 aromatic heterocycles. The fourth-order valence-corrected chi connectivity index (χ4v) is 3.38. The number of carbonyl (C=O) groups is 1. The molecule has 0 spiro atoms. The summed E-state index contributed by atoms with van der Waals surface area (Å²) in [6, 6.07) is 11.5. The lowest BCUT2D eigenvalue weighted by Crippen LogP contribution is -2.17. The normalized spacial score (nSPS) is 15.3. The van der Waals surface area contributed by atoms with Gasteiger partial charge in [-0.15, -0.1) is 0 Å². The molecule has 1 fully saturated rings. The number of pyridine rings is 1. The molecule has 1 amide bonds. The molecule has 0 bridgehead atoms. The lowest BCUT2D eigenvalue weighted by atomic mass is 10.2. The minimum absolute atomic E-state index is 0.210. The van der Waals surface area contributed by atoms with Gasteiger partial charge in [0.05, 0.1) is 10.5 Å². The molecule has 25 heavy (non-hydrogen) atoms. The number of aromatic nitrogens is 1. The van der Waals surface area contributed by atoms with Gasteiger partial charge < -0.3 is 9.73 Å². The average molecular weight is 362 g/mol. The summed E-state index contributed by atoms with van der Waals surface area (Å²) in [6.45, 7) is 0. The second kappa shape index (κ2) is 6.55. The zero-order chi connectivity index (χ0) is 17.2. The highest BCUT2D eigenvalue weighted by molar-refractivity contribution is 8.26. The van der Waals surface area contributed by atoms with E-state index < -0.39 is 0 Å². The van der Waals surface area contributed by atoms with Crippen molar-refractivity contribution in [2.75, 3.05) is 0 Å². The van der Waals surface area contributed by atoms with Crippen molar-refractivity contribution >= 4 is 51.3 Å². The maximum atomic E-state index is 11.8. The van der Waals surface area contributed by atoms with Crippen molar-refractivity contribution in [3.63, 3.8) is 0 Å². The van der Waals surface area contributed by atoms with Crippen LogP contribution in [0.1, 0.15) is 16.9 Å². The molecule has 0 atom stereocenters. The monoisotopic (exact) mass is 362 g/mol. The highest BCUT2D eigenvalue weighted by atomic mass is 32.2. The molecule has 1 aliphatic heterocycles. The molecule has 0 saturated carbocycles. The Labute approximate surface area is 153 Å². The van der Waals surface area contributed by atoms with Gasteiger partial charge in [0.2, 0.25) is 0 Å². The first kappa shape index (κ1) is 15.6. The molecule has 120 valence electrons. The van der Waals surface area contributed by atoms with Crippen LogP contribution in [0, 0.1) is 11.8 Å². The Morgan fingerprint density at radius 3 is 2.80 bits per heavy atom. The van der Waals surface area contributed by atoms with Gasteiger partial charge in [0.25, 0.3) is 5.91 Å². The topological polar surface area (TPSA) is 55.1 Å². The fraction of sp³-hybridized carbons (Fsp3) is 0.